The van der Waals surface area contributed by atoms with Gasteiger partial charge in [0.25, 0.3) is 5.91 Å². The van der Waals surface area contributed by atoms with Crippen LogP contribution in [0.25, 0.3) is 0 Å². The Morgan fingerprint density at radius 3 is 2.27 bits per heavy atom. The molecule has 0 saturated heterocycles. The smallest absolute Gasteiger partial charge is 0.416 e. The highest BCUT2D eigenvalue weighted by Crippen LogP contribution is 2.33. The summed E-state index contributed by atoms with van der Waals surface area (Å²) in [7, 11) is 0. The van der Waals surface area contributed by atoms with Crippen molar-refractivity contribution in [1.29, 1.82) is 0 Å². The topological polar surface area (TPSA) is 55.4 Å². The molecule has 0 aromatic heterocycles. The molecule has 9 heteroatoms. The van der Waals surface area contributed by atoms with Gasteiger partial charge in [-0.2, -0.15) is 13.2 Å². The van der Waals surface area contributed by atoms with Crippen molar-refractivity contribution >= 4 is 40.8 Å². The van der Waals surface area contributed by atoms with Crippen molar-refractivity contribution in [3.63, 3.8) is 0 Å². The van der Waals surface area contributed by atoms with Gasteiger partial charge in [0, 0.05) is 5.02 Å². The summed E-state index contributed by atoms with van der Waals surface area (Å²) in [4.78, 5) is 24.1. The van der Waals surface area contributed by atoms with E-state index in [2.05, 4.69) is 5.32 Å². The average molecular weight is 406 g/mol. The Morgan fingerprint density at radius 1 is 1.08 bits per heavy atom. The van der Waals surface area contributed by atoms with Gasteiger partial charge in [0.15, 0.2) is 6.10 Å². The maximum absolute atomic E-state index is 12.7. The summed E-state index contributed by atoms with van der Waals surface area (Å²) in [5, 5.41) is 2.56. The van der Waals surface area contributed by atoms with Crippen molar-refractivity contribution in [2.45, 2.75) is 19.2 Å². The SMILES string of the molecule is C[C@@H](OC(=O)c1ccc(Cl)cc1)C(=O)Nc1cc(C(F)(F)F)ccc1Cl. The second kappa shape index (κ2) is 7.97. The van der Waals surface area contributed by atoms with E-state index in [0.29, 0.717) is 11.1 Å². The van der Waals surface area contributed by atoms with Gasteiger partial charge in [0.05, 0.1) is 21.8 Å². The summed E-state index contributed by atoms with van der Waals surface area (Å²) in [6.45, 7) is 1.28. The lowest BCUT2D eigenvalue weighted by atomic mass is 10.2. The molecule has 138 valence electrons. The predicted octanol–water partition coefficient (Wildman–Crippen LogP) is 5.20. The zero-order valence-corrected chi connectivity index (χ0v) is 14.7. The quantitative estimate of drug-likeness (QED) is 0.711. The monoisotopic (exact) mass is 405 g/mol. The van der Waals surface area contributed by atoms with E-state index in [4.69, 9.17) is 27.9 Å². The van der Waals surface area contributed by atoms with E-state index in [1.54, 1.807) is 0 Å². The molecule has 2 rings (SSSR count). The van der Waals surface area contributed by atoms with Crippen LogP contribution in [-0.4, -0.2) is 18.0 Å². The lowest BCUT2D eigenvalue weighted by Crippen LogP contribution is -2.30. The second-order valence-corrected chi connectivity index (χ2v) is 6.08. The first-order valence-electron chi connectivity index (χ1n) is 7.22. The molecule has 4 nitrogen and oxygen atoms in total. The molecular weight excluding hydrogens is 394 g/mol. The van der Waals surface area contributed by atoms with Crippen LogP contribution in [0.3, 0.4) is 0 Å². The minimum absolute atomic E-state index is 0.0809. The van der Waals surface area contributed by atoms with Gasteiger partial charge < -0.3 is 10.1 Å². The molecule has 1 atom stereocenters. The summed E-state index contributed by atoms with van der Waals surface area (Å²) in [5.41, 5.74) is -1.03. The molecule has 0 aliphatic heterocycles. The third kappa shape index (κ3) is 5.12. The van der Waals surface area contributed by atoms with Crippen LogP contribution >= 0.6 is 23.2 Å². The van der Waals surface area contributed by atoms with Crippen molar-refractivity contribution in [1.82, 2.24) is 0 Å². The van der Waals surface area contributed by atoms with Crippen LogP contribution < -0.4 is 5.32 Å². The van der Waals surface area contributed by atoms with Gasteiger partial charge in [-0.1, -0.05) is 23.2 Å². The molecule has 0 aliphatic rings. The zero-order chi connectivity index (χ0) is 19.5. The van der Waals surface area contributed by atoms with Crippen LogP contribution in [0.15, 0.2) is 42.5 Å². The number of carbonyl (C=O) groups is 2. The first-order chi connectivity index (χ1) is 12.1. The third-order valence-electron chi connectivity index (χ3n) is 3.28. The van der Waals surface area contributed by atoms with Gasteiger partial charge in [-0.25, -0.2) is 4.79 Å². The molecule has 0 unspecified atom stereocenters. The van der Waals surface area contributed by atoms with Gasteiger partial charge in [-0.15, -0.1) is 0 Å². The number of halogens is 5. The van der Waals surface area contributed by atoms with Crippen molar-refractivity contribution in [3.05, 3.63) is 63.6 Å². The van der Waals surface area contributed by atoms with Gasteiger partial charge in [-0.05, 0) is 49.4 Å². The molecule has 0 saturated carbocycles. The largest absolute Gasteiger partial charge is 0.449 e. The fraction of sp³-hybridized carbons (Fsp3) is 0.176. The Kier molecular flexibility index (Phi) is 6.15. The van der Waals surface area contributed by atoms with Gasteiger partial charge in [-0.3, -0.25) is 4.79 Å². The number of rotatable bonds is 4. The Bertz CT molecular complexity index is 823. The molecule has 2 aromatic rings. The number of anilines is 1. The Hall–Kier alpha value is -2.25. The number of carbonyl (C=O) groups excluding carboxylic acids is 2. The van der Waals surface area contributed by atoms with Crippen molar-refractivity contribution in [3.8, 4) is 0 Å². The highest BCUT2D eigenvalue weighted by atomic mass is 35.5. The predicted molar refractivity (Wildman–Crippen MR) is 91.4 cm³/mol. The normalized spacial score (nSPS) is 12.4. The molecule has 0 fully saturated rings. The highest BCUT2D eigenvalue weighted by molar-refractivity contribution is 6.33. The van der Waals surface area contributed by atoms with Crippen molar-refractivity contribution in [2.24, 2.45) is 0 Å². The van der Waals surface area contributed by atoms with Gasteiger partial charge in [0.2, 0.25) is 0 Å². The van der Waals surface area contributed by atoms with E-state index in [0.717, 1.165) is 12.1 Å². The Labute approximate surface area is 156 Å². The minimum Gasteiger partial charge on any atom is -0.449 e. The summed E-state index contributed by atoms with van der Waals surface area (Å²) in [6.07, 6.45) is -5.85. The number of hydrogen-bond donors (Lipinski definition) is 1. The van der Waals surface area contributed by atoms with Crippen molar-refractivity contribution in [2.75, 3.05) is 5.32 Å². The summed E-state index contributed by atoms with van der Waals surface area (Å²) in [6, 6.07) is 8.30. The number of ether oxygens (including phenoxy) is 1. The van der Waals surface area contributed by atoms with Crippen LogP contribution in [0.5, 0.6) is 0 Å². The first kappa shape index (κ1) is 20.1. The lowest BCUT2D eigenvalue weighted by Gasteiger charge is -2.15. The molecule has 0 aliphatic carbocycles. The van der Waals surface area contributed by atoms with Crippen LogP contribution in [0.2, 0.25) is 10.0 Å². The number of amides is 1. The van der Waals surface area contributed by atoms with E-state index < -0.39 is 29.7 Å². The fourth-order valence-corrected chi connectivity index (χ4v) is 2.19. The molecule has 0 radical (unpaired) electrons. The molecule has 1 amide bonds. The Morgan fingerprint density at radius 2 is 1.69 bits per heavy atom. The van der Waals surface area contributed by atoms with Crippen LogP contribution in [0, 0.1) is 0 Å². The maximum Gasteiger partial charge on any atom is 0.416 e. The van der Waals surface area contributed by atoms with Crippen LogP contribution in [0.4, 0.5) is 18.9 Å². The van der Waals surface area contributed by atoms with E-state index in [1.807, 2.05) is 0 Å². The number of alkyl halides is 3. The summed E-state index contributed by atoms with van der Waals surface area (Å²) in [5.74, 6) is -1.60. The van der Waals surface area contributed by atoms with E-state index in [9.17, 15) is 22.8 Å². The number of hydrogen-bond acceptors (Lipinski definition) is 3. The summed E-state index contributed by atoms with van der Waals surface area (Å²) < 4.78 is 43.2. The van der Waals surface area contributed by atoms with E-state index >= 15 is 0 Å². The number of nitrogens with one attached hydrogen (secondary N) is 1. The second-order valence-electron chi connectivity index (χ2n) is 5.24. The first-order valence-corrected chi connectivity index (χ1v) is 7.97. The molecule has 1 N–H and O–H groups in total. The van der Waals surface area contributed by atoms with Gasteiger partial charge in [0.1, 0.15) is 0 Å². The fourth-order valence-electron chi connectivity index (χ4n) is 1.90. The third-order valence-corrected chi connectivity index (χ3v) is 3.87. The molecule has 0 bridgehead atoms. The molecule has 26 heavy (non-hydrogen) atoms. The molecular formula is C17H12Cl2F3NO3. The standard InChI is InChI=1S/C17H12Cl2F3NO3/c1-9(26-16(25)10-2-5-12(18)6-3-10)15(24)23-14-8-11(17(20,21)22)4-7-13(14)19/h2-9H,1H3,(H,23,24)/t9-/m1/s1. The van der Waals surface area contributed by atoms with E-state index in [1.165, 1.54) is 31.2 Å². The zero-order valence-electron chi connectivity index (χ0n) is 13.2. The summed E-state index contributed by atoms with van der Waals surface area (Å²) >= 11 is 11.5. The lowest BCUT2D eigenvalue weighted by molar-refractivity contribution is -0.137. The van der Waals surface area contributed by atoms with E-state index in [-0.39, 0.29) is 16.3 Å². The molecule has 2 aromatic carbocycles. The maximum atomic E-state index is 12.7. The highest BCUT2D eigenvalue weighted by Gasteiger charge is 2.31. The number of benzene rings is 2. The Balaban J connectivity index is 2.07. The van der Waals surface area contributed by atoms with Crippen molar-refractivity contribution < 1.29 is 27.5 Å². The number of esters is 1. The molecule has 0 heterocycles. The van der Waals surface area contributed by atoms with Crippen LogP contribution in [0.1, 0.15) is 22.8 Å². The van der Waals surface area contributed by atoms with Gasteiger partial charge >= 0.3 is 12.1 Å². The average Bonchev–Trinajstić information content (AvgIpc) is 2.56. The minimum atomic E-state index is -4.59. The van der Waals surface area contributed by atoms with Crippen LogP contribution in [-0.2, 0) is 15.7 Å². The molecule has 0 spiro atoms.